The molecule has 0 amide bonds. The minimum Gasteiger partial charge on any atom is -0.244 e. The van der Waals surface area contributed by atoms with Crippen LogP contribution in [0.1, 0.15) is 25.0 Å². The van der Waals surface area contributed by atoms with E-state index in [1.807, 2.05) is 32.9 Å². The fourth-order valence-electron chi connectivity index (χ4n) is 1.17. The van der Waals surface area contributed by atoms with Gasteiger partial charge >= 0.3 is 0 Å². The highest BCUT2D eigenvalue weighted by Gasteiger charge is 2.04. The van der Waals surface area contributed by atoms with E-state index >= 15 is 0 Å². The predicted octanol–water partition coefficient (Wildman–Crippen LogP) is 3.50. The van der Waals surface area contributed by atoms with Crippen LogP contribution in [0.15, 0.2) is 17.6 Å². The zero-order valence-corrected chi connectivity index (χ0v) is 9.35. The van der Waals surface area contributed by atoms with Gasteiger partial charge < -0.3 is 0 Å². The van der Waals surface area contributed by atoms with Gasteiger partial charge in [-0.3, -0.25) is 0 Å². The largest absolute Gasteiger partial charge is 0.244 e. The van der Waals surface area contributed by atoms with Crippen LogP contribution in [-0.4, -0.2) is 4.98 Å². The molecule has 1 aromatic heterocycles. The molecule has 0 saturated heterocycles. The Morgan fingerprint density at radius 3 is 2.71 bits per heavy atom. The van der Waals surface area contributed by atoms with Crippen molar-refractivity contribution in [3.63, 3.8) is 0 Å². The third kappa shape index (κ3) is 1.75. The molecular weight excluding hydrogens is 192 g/mol. The first-order valence-corrected chi connectivity index (χ1v) is 5.44. The average Bonchev–Trinajstić information content (AvgIpc) is 2.71. The van der Waals surface area contributed by atoms with E-state index in [0.717, 1.165) is 21.3 Å². The summed E-state index contributed by atoms with van der Waals surface area (Å²) in [5, 5.41) is 8.77. The molecule has 2 nitrogen and oxygen atoms in total. The van der Waals surface area contributed by atoms with Crippen molar-refractivity contribution < 1.29 is 0 Å². The normalized spacial score (nSPS) is 9.00. The number of benzene rings is 1. The number of fused-ring (bicyclic) bond motifs is 1. The maximum absolute atomic E-state index is 8.77. The molecule has 0 radical (unpaired) electrons. The van der Waals surface area contributed by atoms with Gasteiger partial charge in [-0.05, 0) is 18.6 Å². The molecule has 0 aliphatic rings. The van der Waals surface area contributed by atoms with E-state index in [9.17, 15) is 0 Å². The van der Waals surface area contributed by atoms with Crippen LogP contribution in [-0.2, 0) is 0 Å². The third-order valence-electron chi connectivity index (χ3n) is 1.81. The summed E-state index contributed by atoms with van der Waals surface area (Å²) in [6.07, 6.45) is 0. The Morgan fingerprint density at radius 1 is 1.36 bits per heavy atom. The second-order valence-corrected chi connectivity index (χ2v) is 3.43. The monoisotopic (exact) mass is 204 g/mol. The number of nitrogens with zero attached hydrogens (tertiary/aromatic N) is 2. The van der Waals surface area contributed by atoms with Gasteiger partial charge in [0.2, 0.25) is 0 Å². The molecule has 2 rings (SSSR count). The van der Waals surface area contributed by atoms with Gasteiger partial charge in [0.15, 0.2) is 0 Å². The van der Waals surface area contributed by atoms with E-state index in [2.05, 4.69) is 11.1 Å². The van der Waals surface area contributed by atoms with Crippen LogP contribution in [0, 0.1) is 18.3 Å². The molecule has 0 atom stereocenters. The van der Waals surface area contributed by atoms with E-state index in [4.69, 9.17) is 5.26 Å². The van der Waals surface area contributed by atoms with Gasteiger partial charge in [-0.1, -0.05) is 19.9 Å². The summed E-state index contributed by atoms with van der Waals surface area (Å²) in [5.41, 5.74) is 4.58. The minimum atomic E-state index is 0.720. The molecule has 1 aromatic carbocycles. The van der Waals surface area contributed by atoms with Crippen molar-refractivity contribution in [1.29, 1.82) is 5.26 Å². The van der Waals surface area contributed by atoms with E-state index in [-0.39, 0.29) is 0 Å². The lowest BCUT2D eigenvalue weighted by molar-refractivity contribution is 1.41. The van der Waals surface area contributed by atoms with Crippen molar-refractivity contribution in [3.05, 3.63) is 28.8 Å². The topological polar surface area (TPSA) is 36.7 Å². The highest BCUT2D eigenvalue weighted by molar-refractivity contribution is 7.17. The first-order chi connectivity index (χ1) is 6.83. The highest BCUT2D eigenvalue weighted by Crippen LogP contribution is 2.24. The van der Waals surface area contributed by atoms with Crippen molar-refractivity contribution >= 4 is 21.6 Å². The first kappa shape index (κ1) is 10.7. The number of aryl methyl sites for hydroxylation is 1. The van der Waals surface area contributed by atoms with Gasteiger partial charge in [0.1, 0.15) is 6.07 Å². The quantitative estimate of drug-likeness (QED) is 0.658. The fraction of sp³-hybridized carbons (Fsp3) is 0.273. The van der Waals surface area contributed by atoms with E-state index in [0.29, 0.717) is 0 Å². The summed E-state index contributed by atoms with van der Waals surface area (Å²) in [6, 6.07) is 5.93. The molecule has 14 heavy (non-hydrogen) atoms. The Balaban J connectivity index is 0.000000461. The first-order valence-electron chi connectivity index (χ1n) is 4.56. The summed E-state index contributed by atoms with van der Waals surface area (Å²) >= 11 is 1.52. The van der Waals surface area contributed by atoms with Crippen molar-refractivity contribution in [3.8, 4) is 6.07 Å². The summed E-state index contributed by atoms with van der Waals surface area (Å²) in [7, 11) is 0. The third-order valence-corrected chi connectivity index (χ3v) is 2.67. The molecule has 72 valence electrons. The maximum atomic E-state index is 8.77. The van der Waals surface area contributed by atoms with Gasteiger partial charge in [-0.15, -0.1) is 11.3 Å². The lowest BCUT2D eigenvalue weighted by atomic mass is 10.1. The minimum absolute atomic E-state index is 0.720. The van der Waals surface area contributed by atoms with Crippen LogP contribution in [0.4, 0.5) is 0 Å². The molecule has 0 saturated carbocycles. The molecule has 0 fully saturated rings. The highest BCUT2D eigenvalue weighted by atomic mass is 32.1. The van der Waals surface area contributed by atoms with Crippen LogP contribution < -0.4 is 0 Å². The van der Waals surface area contributed by atoms with Gasteiger partial charge in [0.25, 0.3) is 0 Å². The Labute approximate surface area is 87.8 Å². The second kappa shape index (κ2) is 4.73. The number of rotatable bonds is 0. The van der Waals surface area contributed by atoms with Gasteiger partial charge in [0.05, 0.1) is 21.3 Å². The van der Waals surface area contributed by atoms with E-state index in [1.165, 1.54) is 11.3 Å². The SMILES string of the molecule is CC.Cc1ccc(C#N)c2scnc12. The van der Waals surface area contributed by atoms with Crippen molar-refractivity contribution in [2.75, 3.05) is 0 Å². The number of aromatic nitrogens is 1. The molecule has 0 bridgehead atoms. The average molecular weight is 204 g/mol. The Kier molecular flexibility index (Phi) is 3.61. The number of hydrogen-bond donors (Lipinski definition) is 0. The van der Waals surface area contributed by atoms with Crippen LogP contribution in [0.3, 0.4) is 0 Å². The summed E-state index contributed by atoms with van der Waals surface area (Å²) < 4.78 is 0.998. The van der Waals surface area contributed by atoms with E-state index in [1.54, 1.807) is 5.51 Å². The van der Waals surface area contributed by atoms with Crippen LogP contribution in [0.5, 0.6) is 0 Å². The lowest BCUT2D eigenvalue weighted by Gasteiger charge is -1.94. The smallest absolute Gasteiger partial charge is 0.101 e. The maximum Gasteiger partial charge on any atom is 0.101 e. The predicted molar refractivity (Wildman–Crippen MR) is 60.4 cm³/mol. The standard InChI is InChI=1S/C9H6N2S.C2H6/c1-6-2-3-7(4-10)9-8(6)11-5-12-9;1-2/h2-3,5H,1H3;1-2H3. The molecular formula is C11H12N2S. The van der Waals surface area contributed by atoms with E-state index < -0.39 is 0 Å². The van der Waals surface area contributed by atoms with Gasteiger partial charge in [-0.25, -0.2) is 4.98 Å². The molecule has 2 aromatic rings. The molecule has 0 N–H and O–H groups in total. The Hall–Kier alpha value is -1.40. The zero-order valence-electron chi connectivity index (χ0n) is 8.53. The lowest BCUT2D eigenvalue weighted by Crippen LogP contribution is -1.79. The summed E-state index contributed by atoms with van der Waals surface area (Å²) in [5.74, 6) is 0. The second-order valence-electron chi connectivity index (χ2n) is 2.57. The van der Waals surface area contributed by atoms with Crippen molar-refractivity contribution in [2.24, 2.45) is 0 Å². The van der Waals surface area contributed by atoms with Crippen molar-refractivity contribution in [2.45, 2.75) is 20.8 Å². The molecule has 0 aliphatic carbocycles. The molecule has 1 heterocycles. The van der Waals surface area contributed by atoms with Crippen LogP contribution >= 0.6 is 11.3 Å². The van der Waals surface area contributed by atoms with Crippen LogP contribution in [0.2, 0.25) is 0 Å². The molecule has 0 aliphatic heterocycles. The summed E-state index contributed by atoms with van der Waals surface area (Å²) in [6.45, 7) is 6.00. The molecule has 0 spiro atoms. The Morgan fingerprint density at radius 2 is 2.07 bits per heavy atom. The molecule has 0 unspecified atom stereocenters. The molecule has 3 heteroatoms. The van der Waals surface area contributed by atoms with Gasteiger partial charge in [-0.2, -0.15) is 5.26 Å². The number of nitriles is 1. The zero-order chi connectivity index (χ0) is 10.6. The number of hydrogen-bond acceptors (Lipinski definition) is 3. The van der Waals surface area contributed by atoms with Crippen molar-refractivity contribution in [1.82, 2.24) is 4.98 Å². The fourth-order valence-corrected chi connectivity index (χ4v) is 2.00. The summed E-state index contributed by atoms with van der Waals surface area (Å²) in [4.78, 5) is 4.19. The Bertz CT molecular complexity index is 466. The number of thiazole rings is 1. The van der Waals surface area contributed by atoms with Gasteiger partial charge in [0, 0.05) is 0 Å². The van der Waals surface area contributed by atoms with Crippen LogP contribution in [0.25, 0.3) is 10.2 Å².